The highest BCUT2D eigenvalue weighted by atomic mass is 16.5. The summed E-state index contributed by atoms with van der Waals surface area (Å²) in [5.74, 6) is 0. The van der Waals surface area contributed by atoms with E-state index >= 15 is 0 Å². The van der Waals surface area contributed by atoms with Crippen LogP contribution < -0.4 is 5.56 Å². The van der Waals surface area contributed by atoms with Gasteiger partial charge < -0.3 is 4.74 Å². The first-order valence-corrected chi connectivity index (χ1v) is 8.22. The molecule has 5 nitrogen and oxygen atoms in total. The lowest BCUT2D eigenvalue weighted by Gasteiger charge is -2.55. The molecule has 2 atom stereocenters. The van der Waals surface area contributed by atoms with Crippen LogP contribution in [-0.2, 0) is 11.3 Å². The van der Waals surface area contributed by atoms with Gasteiger partial charge in [-0.05, 0) is 32.5 Å². The molecule has 0 aromatic carbocycles. The van der Waals surface area contributed by atoms with Gasteiger partial charge in [0.05, 0.1) is 11.8 Å². The molecule has 0 N–H and O–H groups in total. The quantitative estimate of drug-likeness (QED) is 0.849. The molecule has 124 valence electrons. The second kappa shape index (κ2) is 6.06. The molecule has 2 aromatic rings. The number of aromatic nitrogens is 2. The molecule has 1 saturated carbocycles. The minimum absolute atomic E-state index is 0.0286. The number of nitrogens with zero attached hydrogens (tertiary/aromatic N) is 3. The van der Waals surface area contributed by atoms with Gasteiger partial charge in [-0.2, -0.15) is 0 Å². The zero-order valence-electron chi connectivity index (χ0n) is 14.3. The average Bonchev–Trinajstić information content (AvgIpc) is 2.51. The molecule has 0 radical (unpaired) electrons. The Bertz CT molecular complexity index is 753. The molecule has 23 heavy (non-hydrogen) atoms. The van der Waals surface area contributed by atoms with E-state index in [9.17, 15) is 4.79 Å². The van der Waals surface area contributed by atoms with Gasteiger partial charge in [0.15, 0.2) is 0 Å². The van der Waals surface area contributed by atoms with Gasteiger partial charge in [0, 0.05) is 36.9 Å². The number of hydrogen-bond donors (Lipinski definition) is 0. The van der Waals surface area contributed by atoms with E-state index in [1.54, 1.807) is 16.7 Å². The third-order valence-electron chi connectivity index (χ3n) is 5.06. The molecule has 0 aliphatic heterocycles. The highest BCUT2D eigenvalue weighted by Gasteiger charge is 2.50. The molecule has 2 heterocycles. The first kappa shape index (κ1) is 16.1. The van der Waals surface area contributed by atoms with Crippen LogP contribution in [0.5, 0.6) is 0 Å². The van der Waals surface area contributed by atoms with Crippen LogP contribution in [0.1, 0.15) is 32.9 Å². The topological polar surface area (TPSA) is 46.8 Å². The third kappa shape index (κ3) is 2.91. The highest BCUT2D eigenvalue weighted by Crippen LogP contribution is 2.45. The van der Waals surface area contributed by atoms with E-state index in [-0.39, 0.29) is 11.0 Å². The van der Waals surface area contributed by atoms with Gasteiger partial charge in [-0.3, -0.25) is 14.1 Å². The van der Waals surface area contributed by atoms with Crippen molar-refractivity contribution in [1.82, 2.24) is 14.3 Å². The van der Waals surface area contributed by atoms with E-state index in [1.165, 1.54) is 0 Å². The fraction of sp³-hybridized carbons (Fsp3) is 0.556. The van der Waals surface area contributed by atoms with E-state index < -0.39 is 0 Å². The van der Waals surface area contributed by atoms with Crippen LogP contribution in [0, 0.1) is 5.41 Å². The zero-order valence-corrected chi connectivity index (χ0v) is 14.3. The summed E-state index contributed by atoms with van der Waals surface area (Å²) in [4.78, 5) is 19.1. The molecule has 0 bridgehead atoms. The lowest BCUT2D eigenvalue weighted by atomic mass is 9.64. The molecular formula is C18H25N3O2. The summed E-state index contributed by atoms with van der Waals surface area (Å²) in [7, 11) is 2.10. The minimum Gasteiger partial charge on any atom is -0.378 e. The van der Waals surface area contributed by atoms with Gasteiger partial charge in [-0.15, -0.1) is 0 Å². The molecule has 3 rings (SSSR count). The van der Waals surface area contributed by atoms with Crippen LogP contribution >= 0.6 is 0 Å². The Kier molecular flexibility index (Phi) is 4.25. The lowest BCUT2D eigenvalue weighted by Crippen LogP contribution is -2.61. The van der Waals surface area contributed by atoms with Crippen LogP contribution in [0.3, 0.4) is 0 Å². The minimum atomic E-state index is -0.0286. The monoisotopic (exact) mass is 315 g/mol. The first-order valence-electron chi connectivity index (χ1n) is 8.22. The van der Waals surface area contributed by atoms with E-state index in [0.717, 1.165) is 18.7 Å². The Hall–Kier alpha value is -1.72. The van der Waals surface area contributed by atoms with Gasteiger partial charge in [-0.1, -0.05) is 19.9 Å². The van der Waals surface area contributed by atoms with Gasteiger partial charge in [0.2, 0.25) is 0 Å². The van der Waals surface area contributed by atoms with Crippen molar-refractivity contribution in [3.63, 3.8) is 0 Å². The average molecular weight is 315 g/mol. The molecule has 5 heteroatoms. The Morgan fingerprint density at radius 1 is 1.43 bits per heavy atom. The zero-order chi connectivity index (χ0) is 16.6. The highest BCUT2D eigenvalue weighted by molar-refractivity contribution is 5.38. The van der Waals surface area contributed by atoms with Crippen LogP contribution in [0.25, 0.3) is 5.65 Å². The van der Waals surface area contributed by atoms with Crippen molar-refractivity contribution in [2.24, 2.45) is 5.41 Å². The fourth-order valence-electron chi connectivity index (χ4n) is 3.65. The molecular weight excluding hydrogens is 290 g/mol. The van der Waals surface area contributed by atoms with Crippen molar-refractivity contribution in [2.75, 3.05) is 13.7 Å². The summed E-state index contributed by atoms with van der Waals surface area (Å²) < 4.78 is 7.38. The number of ether oxygens (including phenoxy) is 1. The van der Waals surface area contributed by atoms with Crippen LogP contribution in [0.4, 0.5) is 0 Å². The molecule has 2 unspecified atom stereocenters. The summed E-state index contributed by atoms with van der Waals surface area (Å²) in [6.07, 6.45) is 3.10. The summed E-state index contributed by atoms with van der Waals surface area (Å²) >= 11 is 0. The summed E-state index contributed by atoms with van der Waals surface area (Å²) in [5, 5.41) is 0. The maximum absolute atomic E-state index is 12.2. The SMILES string of the molecule is CCOC1CC(N(C)Cc2cc(=O)n3ccccc3n2)C1(C)C. The van der Waals surface area contributed by atoms with Gasteiger partial charge in [0.25, 0.3) is 5.56 Å². The van der Waals surface area contributed by atoms with Crippen LogP contribution in [0.15, 0.2) is 35.3 Å². The Labute approximate surface area is 136 Å². The summed E-state index contributed by atoms with van der Waals surface area (Å²) in [6, 6.07) is 7.68. The van der Waals surface area contributed by atoms with Crippen molar-refractivity contribution in [3.05, 3.63) is 46.5 Å². The van der Waals surface area contributed by atoms with E-state index in [2.05, 4.69) is 30.8 Å². The number of rotatable bonds is 5. The van der Waals surface area contributed by atoms with E-state index in [0.29, 0.717) is 24.3 Å². The maximum atomic E-state index is 12.2. The fourth-order valence-corrected chi connectivity index (χ4v) is 3.65. The Morgan fingerprint density at radius 3 is 2.91 bits per heavy atom. The van der Waals surface area contributed by atoms with Gasteiger partial charge >= 0.3 is 0 Å². The maximum Gasteiger partial charge on any atom is 0.258 e. The normalized spacial score (nSPS) is 23.2. The van der Waals surface area contributed by atoms with Crippen LogP contribution in [0.2, 0.25) is 0 Å². The lowest BCUT2D eigenvalue weighted by molar-refractivity contribution is -0.146. The number of fused-ring (bicyclic) bond motifs is 1. The molecule has 0 spiro atoms. The summed E-state index contributed by atoms with van der Waals surface area (Å²) in [5.41, 5.74) is 1.61. The standard InChI is InChI=1S/C18H25N3O2/c1-5-23-15-11-14(18(15,2)3)20(4)12-13-10-17(22)21-9-7-6-8-16(21)19-13/h6-10,14-15H,5,11-12H2,1-4H3. The number of hydrogen-bond acceptors (Lipinski definition) is 4. The van der Waals surface area contributed by atoms with Crippen molar-refractivity contribution in [1.29, 1.82) is 0 Å². The van der Waals surface area contributed by atoms with E-state index in [4.69, 9.17) is 4.74 Å². The first-order chi connectivity index (χ1) is 10.9. The molecule has 0 saturated heterocycles. The predicted molar refractivity (Wildman–Crippen MR) is 90.5 cm³/mol. The van der Waals surface area contributed by atoms with Crippen LogP contribution in [-0.4, -0.2) is 40.1 Å². The largest absolute Gasteiger partial charge is 0.378 e. The molecule has 1 aliphatic carbocycles. The second-order valence-electron chi connectivity index (χ2n) is 6.95. The molecule has 0 amide bonds. The van der Waals surface area contributed by atoms with Crippen molar-refractivity contribution >= 4 is 5.65 Å². The van der Waals surface area contributed by atoms with Gasteiger partial charge in [-0.25, -0.2) is 4.98 Å². The van der Waals surface area contributed by atoms with E-state index in [1.807, 2.05) is 25.1 Å². The van der Waals surface area contributed by atoms with Crippen molar-refractivity contribution in [2.45, 2.75) is 45.9 Å². The van der Waals surface area contributed by atoms with Crippen molar-refractivity contribution < 1.29 is 4.74 Å². The Balaban J connectivity index is 1.76. The van der Waals surface area contributed by atoms with Gasteiger partial charge in [0.1, 0.15) is 5.65 Å². The molecule has 2 aromatic heterocycles. The predicted octanol–water partition coefficient (Wildman–Crippen LogP) is 2.33. The Morgan fingerprint density at radius 2 is 2.22 bits per heavy atom. The molecule has 1 fully saturated rings. The third-order valence-corrected chi connectivity index (χ3v) is 5.06. The van der Waals surface area contributed by atoms with Crippen molar-refractivity contribution in [3.8, 4) is 0 Å². The smallest absolute Gasteiger partial charge is 0.258 e. The number of pyridine rings is 1. The summed E-state index contributed by atoms with van der Waals surface area (Å²) in [6.45, 7) is 7.97. The second-order valence-corrected chi connectivity index (χ2v) is 6.95. The molecule has 1 aliphatic rings.